The highest BCUT2D eigenvalue weighted by Crippen LogP contribution is 2.46. The van der Waals surface area contributed by atoms with Crippen LogP contribution >= 0.6 is 21.6 Å². The maximum Gasteiger partial charge on any atom is 0.378 e. The number of hydrogen-bond acceptors (Lipinski definition) is 12. The normalized spacial score (nSPS) is 10.3. The Morgan fingerprint density at radius 2 is 1.00 bits per heavy atom. The molecule has 2 heterocycles. The molecule has 0 radical (unpaired) electrons. The highest BCUT2D eigenvalue weighted by Gasteiger charge is 2.33. The Hall–Kier alpha value is -3.40. The third-order valence-electron chi connectivity index (χ3n) is 2.70. The van der Waals surface area contributed by atoms with Crippen LogP contribution in [-0.4, -0.2) is 29.7 Å². The van der Waals surface area contributed by atoms with Crippen LogP contribution in [0.4, 0.5) is 22.7 Å². The monoisotopic (exact) mass is 400 g/mol. The first-order chi connectivity index (χ1) is 12.2. The summed E-state index contributed by atoms with van der Waals surface area (Å²) in [6.45, 7) is 0. The van der Waals surface area contributed by atoms with Gasteiger partial charge in [0.05, 0.1) is 19.7 Å². The van der Waals surface area contributed by atoms with Gasteiger partial charge >= 0.3 is 22.7 Å². The third kappa shape index (κ3) is 3.81. The molecular weight excluding hydrogens is 396 g/mol. The molecule has 0 atom stereocenters. The summed E-state index contributed by atoms with van der Waals surface area (Å²) in [6.07, 6.45) is 1.92. The molecule has 14 nitrogen and oxygen atoms in total. The van der Waals surface area contributed by atoms with Crippen LogP contribution in [0.15, 0.2) is 34.6 Å². The van der Waals surface area contributed by atoms with Crippen LogP contribution in [0.2, 0.25) is 0 Å². The van der Waals surface area contributed by atoms with E-state index in [4.69, 9.17) is 0 Å². The molecule has 2 aromatic heterocycles. The summed E-state index contributed by atoms with van der Waals surface area (Å²) in [5, 5.41) is 43.2. The molecule has 0 fully saturated rings. The van der Waals surface area contributed by atoms with E-state index in [1.807, 2.05) is 0 Å². The molecule has 0 aromatic carbocycles. The molecule has 0 N–H and O–H groups in total. The topological polar surface area (TPSA) is 198 Å². The highest BCUT2D eigenvalue weighted by atomic mass is 33.1. The molecule has 0 amide bonds. The van der Waals surface area contributed by atoms with Gasteiger partial charge in [-0.15, -0.1) is 0 Å². The third-order valence-corrected chi connectivity index (χ3v) is 4.89. The van der Waals surface area contributed by atoms with Crippen molar-refractivity contribution >= 4 is 44.3 Å². The van der Waals surface area contributed by atoms with E-state index >= 15 is 0 Å². The Labute approximate surface area is 149 Å². The lowest BCUT2D eigenvalue weighted by Gasteiger charge is -2.03. The van der Waals surface area contributed by atoms with Crippen LogP contribution in [0, 0.1) is 40.5 Å². The lowest BCUT2D eigenvalue weighted by molar-refractivity contribution is -0.424. The number of nitrogens with zero attached hydrogens (tertiary/aromatic N) is 6. The first-order valence-corrected chi connectivity index (χ1v) is 8.29. The summed E-state index contributed by atoms with van der Waals surface area (Å²) < 4.78 is 0. The summed E-state index contributed by atoms with van der Waals surface area (Å²) in [7, 11) is 0.964. The van der Waals surface area contributed by atoms with Gasteiger partial charge in [-0.3, -0.25) is 40.5 Å². The molecule has 0 saturated heterocycles. The average Bonchev–Trinajstić information content (AvgIpc) is 2.58. The zero-order chi connectivity index (χ0) is 19.4. The lowest BCUT2D eigenvalue weighted by atomic mass is 10.3. The van der Waals surface area contributed by atoms with Gasteiger partial charge in [-0.2, -0.15) is 0 Å². The van der Waals surface area contributed by atoms with Crippen molar-refractivity contribution in [3.63, 3.8) is 0 Å². The van der Waals surface area contributed by atoms with E-state index < -0.39 is 52.5 Å². The van der Waals surface area contributed by atoms with Crippen molar-refractivity contribution in [1.29, 1.82) is 0 Å². The van der Waals surface area contributed by atoms with Crippen LogP contribution in [0.3, 0.4) is 0 Å². The minimum atomic E-state index is -1.01. The van der Waals surface area contributed by atoms with Gasteiger partial charge in [0.25, 0.3) is 0 Å². The first-order valence-electron chi connectivity index (χ1n) is 6.14. The molecule has 26 heavy (non-hydrogen) atoms. The minimum absolute atomic E-state index is 0.406. The summed E-state index contributed by atoms with van der Waals surface area (Å²) in [5.74, 6) is 0. The van der Waals surface area contributed by atoms with E-state index in [0.29, 0.717) is 21.6 Å². The predicted octanol–water partition coefficient (Wildman–Crippen LogP) is 2.91. The number of pyridine rings is 2. The van der Waals surface area contributed by atoms with E-state index in [1.165, 1.54) is 0 Å². The predicted molar refractivity (Wildman–Crippen MR) is 86.8 cm³/mol. The van der Waals surface area contributed by atoms with E-state index in [2.05, 4.69) is 9.97 Å². The van der Waals surface area contributed by atoms with E-state index in [0.717, 1.165) is 24.5 Å². The molecule has 16 heteroatoms. The van der Waals surface area contributed by atoms with Gasteiger partial charge in [-0.1, -0.05) is 0 Å². The molecule has 0 unspecified atom stereocenters. The lowest BCUT2D eigenvalue weighted by Crippen LogP contribution is -2.00. The van der Waals surface area contributed by atoms with E-state index in [-0.39, 0.29) is 0 Å². The van der Waals surface area contributed by atoms with Gasteiger partial charge < -0.3 is 0 Å². The Morgan fingerprint density at radius 3 is 1.27 bits per heavy atom. The highest BCUT2D eigenvalue weighted by molar-refractivity contribution is 8.76. The van der Waals surface area contributed by atoms with Gasteiger partial charge in [0.1, 0.15) is 0 Å². The van der Waals surface area contributed by atoms with Gasteiger partial charge in [-0.25, -0.2) is 9.97 Å². The molecule has 0 spiro atoms. The fourth-order valence-corrected chi connectivity index (χ4v) is 3.78. The fraction of sp³-hybridized carbons (Fsp3) is 0. The SMILES string of the molecule is O=[N+]([O-])c1ccnc(SSc2nccc([N+](=O)[O-])c2[N+](=O)[O-])c1[N+](=O)[O-]. The molecular formula is C10H4N6O8S2. The maximum atomic E-state index is 11.1. The van der Waals surface area contributed by atoms with Gasteiger partial charge in [0, 0.05) is 24.5 Å². The second-order valence-corrected chi connectivity index (χ2v) is 6.27. The van der Waals surface area contributed by atoms with Crippen molar-refractivity contribution in [2.75, 3.05) is 0 Å². The summed E-state index contributed by atoms with van der Waals surface area (Å²) in [4.78, 5) is 47.3. The summed E-state index contributed by atoms with van der Waals surface area (Å²) in [6, 6.07) is 1.67. The Bertz CT molecular complexity index is 862. The molecule has 0 aliphatic heterocycles. The largest absolute Gasteiger partial charge is 0.378 e. The molecule has 0 aliphatic carbocycles. The van der Waals surface area contributed by atoms with Crippen LogP contribution in [-0.2, 0) is 0 Å². The molecule has 0 aliphatic rings. The number of hydrogen-bond donors (Lipinski definition) is 0. The smallest absolute Gasteiger partial charge is 0.258 e. The fourth-order valence-electron chi connectivity index (χ4n) is 1.69. The van der Waals surface area contributed by atoms with Crippen molar-refractivity contribution in [2.24, 2.45) is 0 Å². The van der Waals surface area contributed by atoms with Crippen molar-refractivity contribution in [3.05, 3.63) is 65.0 Å². The van der Waals surface area contributed by atoms with Crippen molar-refractivity contribution < 1.29 is 19.7 Å². The minimum Gasteiger partial charge on any atom is -0.258 e. The standard InChI is InChI=1S/C10H4N6O8S2/c17-13(18)5-1-3-11-9(7(5)15(21)22)25-26-10-8(16(23)24)6(14(19)20)2-4-12-10/h1-4H. The number of nitro groups is 4. The van der Waals surface area contributed by atoms with E-state index in [9.17, 15) is 40.5 Å². The quantitative estimate of drug-likeness (QED) is 0.374. The maximum absolute atomic E-state index is 11.1. The van der Waals surface area contributed by atoms with E-state index in [1.54, 1.807) is 0 Å². The average molecular weight is 400 g/mol. The molecule has 2 aromatic rings. The molecule has 0 saturated carbocycles. The Kier molecular flexibility index (Phi) is 5.58. The summed E-state index contributed by atoms with van der Waals surface area (Å²) in [5.41, 5.74) is -3.42. The van der Waals surface area contributed by atoms with Gasteiger partial charge in [0.2, 0.25) is 0 Å². The number of rotatable bonds is 7. The first kappa shape index (κ1) is 18.9. The number of aromatic nitrogens is 2. The summed E-state index contributed by atoms with van der Waals surface area (Å²) >= 11 is 0. The van der Waals surface area contributed by atoms with Crippen LogP contribution < -0.4 is 0 Å². The second kappa shape index (κ2) is 7.66. The zero-order valence-corrected chi connectivity index (χ0v) is 13.7. The Morgan fingerprint density at radius 1 is 0.654 bits per heavy atom. The van der Waals surface area contributed by atoms with Crippen LogP contribution in [0.5, 0.6) is 0 Å². The van der Waals surface area contributed by atoms with Crippen molar-refractivity contribution in [3.8, 4) is 0 Å². The zero-order valence-electron chi connectivity index (χ0n) is 12.1. The van der Waals surface area contributed by atoms with Gasteiger partial charge in [0.15, 0.2) is 10.1 Å². The second-order valence-electron chi connectivity index (χ2n) is 4.16. The van der Waals surface area contributed by atoms with Crippen molar-refractivity contribution in [1.82, 2.24) is 9.97 Å². The van der Waals surface area contributed by atoms with Gasteiger partial charge in [-0.05, 0) is 21.6 Å². The molecule has 2 rings (SSSR count). The molecule has 134 valence electrons. The molecule has 0 bridgehead atoms. The van der Waals surface area contributed by atoms with Crippen molar-refractivity contribution in [2.45, 2.75) is 10.1 Å². The Balaban J connectivity index is 2.45. The van der Waals surface area contributed by atoms with Crippen LogP contribution in [0.25, 0.3) is 0 Å². The van der Waals surface area contributed by atoms with Crippen LogP contribution in [0.1, 0.15) is 0 Å².